The topological polar surface area (TPSA) is 80.8 Å². The Morgan fingerprint density at radius 2 is 1.61 bits per heavy atom. The highest BCUT2D eigenvalue weighted by Crippen LogP contribution is 2.49. The molecule has 0 bridgehead atoms. The second-order valence-corrected chi connectivity index (χ2v) is 13.0. The average molecular weight is 677 g/mol. The van der Waals surface area contributed by atoms with Crippen molar-refractivity contribution in [3.8, 4) is 22.5 Å². The molecule has 0 N–H and O–H groups in total. The minimum atomic E-state index is -0.492. The molecule has 5 aromatic rings. The summed E-state index contributed by atoms with van der Waals surface area (Å²) in [5, 5.41) is 4.42. The van der Waals surface area contributed by atoms with Gasteiger partial charge in [0.2, 0.25) is 0 Å². The first-order valence-electron chi connectivity index (χ1n) is 17.4. The molecule has 1 saturated carbocycles. The highest BCUT2D eigenvalue weighted by molar-refractivity contribution is 5.88. The van der Waals surface area contributed by atoms with Crippen molar-refractivity contribution < 1.29 is 14.1 Å². The summed E-state index contributed by atoms with van der Waals surface area (Å²) in [6.07, 6.45) is 6.91. The van der Waals surface area contributed by atoms with Crippen LogP contribution in [0, 0.1) is 6.92 Å². The number of rotatable bonds is 14. The van der Waals surface area contributed by atoms with Gasteiger partial charge in [0, 0.05) is 29.8 Å². The minimum Gasteiger partial charge on any atom is -0.465 e. The molecule has 1 aliphatic rings. The third kappa shape index (κ3) is 7.83. The maximum atomic E-state index is 12.6. The van der Waals surface area contributed by atoms with Crippen molar-refractivity contribution in [1.29, 1.82) is 0 Å². The summed E-state index contributed by atoms with van der Waals surface area (Å²) < 4.78 is 11.4. The van der Waals surface area contributed by atoms with E-state index in [1.807, 2.05) is 105 Å². The molecule has 2 aromatic heterocycles. The molecule has 7 heteroatoms. The Morgan fingerprint density at radius 3 is 2.25 bits per heavy atom. The fraction of sp³-hybridized carbons (Fsp3) is 0.227. The number of hydrogen-bond donors (Lipinski definition) is 0. The normalized spacial score (nSPS) is 13.6. The molecule has 2 heterocycles. The van der Waals surface area contributed by atoms with Gasteiger partial charge in [-0.1, -0.05) is 115 Å². The number of hydrogen-bond acceptors (Lipinski definition) is 7. The molecule has 3 aromatic carbocycles. The molecule has 51 heavy (non-hydrogen) atoms. The number of aromatic nitrogens is 2. The molecule has 0 amide bonds. The summed E-state index contributed by atoms with van der Waals surface area (Å²) in [5.74, 6) is 1.61. The zero-order chi connectivity index (χ0) is 36.0. The number of carbonyl (C=O) groups is 1. The maximum absolute atomic E-state index is 12.6. The number of pyridine rings is 1. The van der Waals surface area contributed by atoms with E-state index in [4.69, 9.17) is 19.2 Å². The molecule has 0 aliphatic heterocycles. The lowest BCUT2D eigenvalue weighted by molar-refractivity contribution is -0.146. The predicted octanol–water partition coefficient (Wildman–Crippen LogP) is 10.5. The van der Waals surface area contributed by atoms with E-state index >= 15 is 0 Å². The third-order valence-corrected chi connectivity index (χ3v) is 9.10. The molecule has 0 saturated heterocycles. The molecule has 0 spiro atoms. The van der Waals surface area contributed by atoms with Crippen LogP contribution in [0.1, 0.15) is 62.5 Å². The lowest BCUT2D eigenvalue weighted by atomic mass is 9.93. The van der Waals surface area contributed by atoms with Crippen molar-refractivity contribution in [1.82, 2.24) is 10.1 Å². The Bertz CT molecular complexity index is 2090. The summed E-state index contributed by atoms with van der Waals surface area (Å²) in [7, 11) is 0. The summed E-state index contributed by atoms with van der Waals surface area (Å²) in [6, 6.07) is 32.7. The lowest BCUT2D eigenvalue weighted by Gasteiger charge is -2.24. The van der Waals surface area contributed by atoms with Crippen LogP contribution in [0.25, 0.3) is 22.5 Å². The van der Waals surface area contributed by atoms with E-state index in [2.05, 4.69) is 54.7 Å². The van der Waals surface area contributed by atoms with Gasteiger partial charge in [-0.05, 0) is 80.5 Å². The Balaban J connectivity index is 1.33. The zero-order valence-electron chi connectivity index (χ0n) is 29.9. The van der Waals surface area contributed by atoms with E-state index < -0.39 is 5.41 Å². The number of ether oxygens (including phenoxy) is 1. The standard InChI is InChI=1S/C44H44N4O3/c1-7-13-30(3)28-31(4)45-33(6)48(40-17-12-16-39(46-40)29-34-14-10-9-11-15-34)41-32(5)47-51-42(41)37-20-18-35(19-21-37)36-22-24-38(25-23-36)44(26-27-44)43(49)50-8-2/h7,9-25H,3,6,8,26-29H2,1-2,4-5H3/b13-7-,45-31+. The van der Waals surface area contributed by atoms with Gasteiger partial charge in [0.25, 0.3) is 0 Å². The number of benzene rings is 3. The van der Waals surface area contributed by atoms with Crippen molar-refractivity contribution in [2.24, 2.45) is 4.99 Å². The van der Waals surface area contributed by atoms with Gasteiger partial charge in [0.05, 0.1) is 12.0 Å². The summed E-state index contributed by atoms with van der Waals surface area (Å²) in [4.78, 5) is 24.6. The molecule has 0 unspecified atom stereocenters. The van der Waals surface area contributed by atoms with E-state index in [0.717, 1.165) is 57.8 Å². The summed E-state index contributed by atoms with van der Waals surface area (Å²) in [5.41, 5.74) is 8.79. The second-order valence-electron chi connectivity index (χ2n) is 13.0. The Hall–Kier alpha value is -5.82. The lowest BCUT2D eigenvalue weighted by Crippen LogP contribution is -2.23. The van der Waals surface area contributed by atoms with Gasteiger partial charge >= 0.3 is 5.97 Å². The molecular formula is C44H44N4O3. The van der Waals surface area contributed by atoms with Crippen LogP contribution in [0.2, 0.25) is 0 Å². The van der Waals surface area contributed by atoms with Gasteiger partial charge in [-0.2, -0.15) is 0 Å². The quantitative estimate of drug-likeness (QED) is 0.0661. The smallest absolute Gasteiger partial charge is 0.316 e. The van der Waals surface area contributed by atoms with Crippen LogP contribution in [0.5, 0.6) is 0 Å². The molecule has 1 fully saturated rings. The van der Waals surface area contributed by atoms with Gasteiger partial charge < -0.3 is 9.26 Å². The van der Waals surface area contributed by atoms with Crippen molar-refractivity contribution in [2.45, 2.75) is 58.8 Å². The predicted molar refractivity (Wildman–Crippen MR) is 206 cm³/mol. The van der Waals surface area contributed by atoms with Crippen molar-refractivity contribution in [3.05, 3.63) is 156 Å². The number of allylic oxidation sites excluding steroid dienone is 3. The monoisotopic (exact) mass is 676 g/mol. The Kier molecular flexibility index (Phi) is 10.6. The highest BCUT2D eigenvalue weighted by Gasteiger charge is 2.52. The highest BCUT2D eigenvalue weighted by atomic mass is 16.5. The van der Waals surface area contributed by atoms with E-state index in [1.54, 1.807) is 0 Å². The fourth-order valence-corrected chi connectivity index (χ4v) is 6.42. The number of carbonyl (C=O) groups excluding carboxylic acids is 1. The van der Waals surface area contributed by atoms with Crippen LogP contribution in [0.4, 0.5) is 11.5 Å². The van der Waals surface area contributed by atoms with Gasteiger partial charge in [-0.3, -0.25) is 9.69 Å². The second kappa shape index (κ2) is 15.4. The Labute approximate surface area is 300 Å². The Morgan fingerprint density at radius 1 is 0.941 bits per heavy atom. The number of nitrogens with zero attached hydrogens (tertiary/aromatic N) is 4. The molecule has 6 rings (SSSR count). The first-order valence-corrected chi connectivity index (χ1v) is 17.4. The first kappa shape index (κ1) is 35.0. The maximum Gasteiger partial charge on any atom is 0.316 e. The van der Waals surface area contributed by atoms with Gasteiger partial charge in [-0.15, -0.1) is 0 Å². The molecule has 258 valence electrons. The average Bonchev–Trinajstić information content (AvgIpc) is 3.86. The van der Waals surface area contributed by atoms with Crippen molar-refractivity contribution in [2.75, 3.05) is 11.5 Å². The molecule has 0 radical (unpaired) electrons. The van der Waals surface area contributed by atoms with Crippen LogP contribution in [0.3, 0.4) is 0 Å². The van der Waals surface area contributed by atoms with Gasteiger partial charge in [-0.25, -0.2) is 9.98 Å². The number of esters is 1. The zero-order valence-corrected chi connectivity index (χ0v) is 29.9. The largest absolute Gasteiger partial charge is 0.465 e. The van der Waals surface area contributed by atoms with Crippen molar-refractivity contribution in [3.63, 3.8) is 0 Å². The third-order valence-electron chi connectivity index (χ3n) is 9.10. The van der Waals surface area contributed by atoms with Crippen LogP contribution in [0.15, 0.2) is 143 Å². The van der Waals surface area contributed by atoms with E-state index in [9.17, 15) is 4.79 Å². The van der Waals surface area contributed by atoms with E-state index in [1.165, 1.54) is 5.56 Å². The SMILES string of the molecule is C=C(/C=C\C)C/C(C)=N/C(=C)N(c1cccc(Cc2ccccc2)n1)c1c(C)noc1-c1ccc(-c2ccc(C3(C(=O)OCC)CC3)cc2)cc1. The van der Waals surface area contributed by atoms with Crippen LogP contribution >= 0.6 is 0 Å². The van der Waals surface area contributed by atoms with Crippen molar-refractivity contribution >= 4 is 23.2 Å². The van der Waals surface area contributed by atoms with Gasteiger partial charge in [0.1, 0.15) is 23.0 Å². The first-order chi connectivity index (χ1) is 24.7. The van der Waals surface area contributed by atoms with Crippen LogP contribution < -0.4 is 4.90 Å². The molecular weight excluding hydrogens is 633 g/mol. The van der Waals surface area contributed by atoms with Crippen LogP contribution in [-0.2, 0) is 21.4 Å². The fourth-order valence-electron chi connectivity index (χ4n) is 6.42. The molecule has 7 nitrogen and oxygen atoms in total. The summed E-state index contributed by atoms with van der Waals surface area (Å²) in [6.45, 7) is 16.7. The van der Waals surface area contributed by atoms with Crippen LogP contribution in [-0.4, -0.2) is 28.4 Å². The number of aliphatic imine (C=N–C) groups is 1. The number of anilines is 2. The van der Waals surface area contributed by atoms with E-state index in [0.29, 0.717) is 42.5 Å². The molecule has 1 aliphatic carbocycles. The van der Waals surface area contributed by atoms with E-state index in [-0.39, 0.29) is 5.97 Å². The molecule has 0 atom stereocenters. The van der Waals surface area contributed by atoms with Gasteiger partial charge in [0.15, 0.2) is 5.76 Å². The minimum absolute atomic E-state index is 0.130. The number of aryl methyl sites for hydroxylation is 1. The summed E-state index contributed by atoms with van der Waals surface area (Å²) >= 11 is 0.